The molecule has 0 radical (unpaired) electrons. The third-order valence-corrected chi connectivity index (χ3v) is 3.30. The molecule has 0 heterocycles. The lowest BCUT2D eigenvalue weighted by Crippen LogP contribution is -2.25. The molecule has 0 unspecified atom stereocenters. The van der Waals surface area contributed by atoms with Crippen molar-refractivity contribution in [3.63, 3.8) is 0 Å². The van der Waals surface area contributed by atoms with Crippen molar-refractivity contribution in [3.05, 3.63) is 12.7 Å². The van der Waals surface area contributed by atoms with Crippen LogP contribution in [0.2, 0.25) is 0 Å². The molecular formula is C15H25NO4. The number of carbonyl (C=O) groups excluding carboxylic acids is 2. The van der Waals surface area contributed by atoms with Gasteiger partial charge in [-0.15, -0.1) is 6.58 Å². The van der Waals surface area contributed by atoms with E-state index in [1.807, 2.05) is 0 Å². The van der Waals surface area contributed by atoms with Crippen LogP contribution in [-0.2, 0) is 14.4 Å². The van der Waals surface area contributed by atoms with Crippen LogP contribution in [0, 0.1) is 11.8 Å². The highest BCUT2D eigenvalue weighted by molar-refractivity contribution is 5.79. The van der Waals surface area contributed by atoms with E-state index in [2.05, 4.69) is 11.9 Å². The van der Waals surface area contributed by atoms with Gasteiger partial charge < -0.3 is 10.4 Å². The predicted molar refractivity (Wildman–Crippen MR) is 77.3 cm³/mol. The van der Waals surface area contributed by atoms with Gasteiger partial charge in [0.15, 0.2) is 0 Å². The monoisotopic (exact) mass is 283 g/mol. The number of amides is 1. The second-order valence-corrected chi connectivity index (χ2v) is 5.08. The molecule has 0 spiro atoms. The van der Waals surface area contributed by atoms with E-state index >= 15 is 0 Å². The molecule has 114 valence electrons. The molecule has 0 aromatic heterocycles. The van der Waals surface area contributed by atoms with Crippen molar-refractivity contribution in [1.82, 2.24) is 5.32 Å². The van der Waals surface area contributed by atoms with Gasteiger partial charge in [0.05, 0.1) is 5.92 Å². The van der Waals surface area contributed by atoms with E-state index < -0.39 is 11.9 Å². The van der Waals surface area contributed by atoms with E-state index in [4.69, 9.17) is 5.11 Å². The van der Waals surface area contributed by atoms with Gasteiger partial charge in [-0.1, -0.05) is 19.4 Å². The first-order chi connectivity index (χ1) is 9.38. The van der Waals surface area contributed by atoms with Crippen LogP contribution < -0.4 is 5.32 Å². The highest BCUT2D eigenvalue weighted by Crippen LogP contribution is 2.10. The van der Waals surface area contributed by atoms with Gasteiger partial charge in [-0.2, -0.15) is 0 Å². The number of carbonyl (C=O) groups is 3. The molecule has 0 rings (SSSR count). The van der Waals surface area contributed by atoms with E-state index in [1.165, 1.54) is 0 Å². The molecule has 2 atom stereocenters. The standard InChI is InChI=1S/C15H25NO4/c1-4-13(12(3)17)7-5-6-10-16-14(18)9-8-11(2)15(19)20/h4,11,13H,1,5-10H2,2-3H3,(H,16,18)(H,19,20)/t11-,13-/m0/s1. The smallest absolute Gasteiger partial charge is 0.306 e. The maximum Gasteiger partial charge on any atom is 0.306 e. The molecule has 20 heavy (non-hydrogen) atoms. The number of aliphatic carboxylic acids is 1. The van der Waals surface area contributed by atoms with Crippen molar-refractivity contribution in [3.8, 4) is 0 Å². The fourth-order valence-corrected chi connectivity index (χ4v) is 1.76. The average molecular weight is 283 g/mol. The van der Waals surface area contributed by atoms with Crippen molar-refractivity contribution in [2.75, 3.05) is 6.54 Å². The molecule has 5 nitrogen and oxygen atoms in total. The third kappa shape index (κ3) is 8.45. The van der Waals surface area contributed by atoms with Crippen molar-refractivity contribution in [1.29, 1.82) is 0 Å². The van der Waals surface area contributed by atoms with Crippen molar-refractivity contribution in [2.24, 2.45) is 11.8 Å². The molecule has 5 heteroatoms. The first-order valence-corrected chi connectivity index (χ1v) is 7.01. The molecular weight excluding hydrogens is 258 g/mol. The Kier molecular flexibility index (Phi) is 9.34. The Balaban J connectivity index is 3.65. The summed E-state index contributed by atoms with van der Waals surface area (Å²) in [5, 5.41) is 11.4. The number of carboxylic acid groups (broad SMARTS) is 1. The van der Waals surface area contributed by atoms with Gasteiger partial charge in [0.2, 0.25) is 5.91 Å². The van der Waals surface area contributed by atoms with Gasteiger partial charge in [0.25, 0.3) is 0 Å². The minimum absolute atomic E-state index is 0.0953. The van der Waals surface area contributed by atoms with Crippen LogP contribution in [0.25, 0.3) is 0 Å². The number of nitrogens with one attached hydrogen (secondary N) is 1. The van der Waals surface area contributed by atoms with E-state index in [0.717, 1.165) is 19.3 Å². The van der Waals surface area contributed by atoms with Gasteiger partial charge in [0.1, 0.15) is 5.78 Å². The highest BCUT2D eigenvalue weighted by atomic mass is 16.4. The predicted octanol–water partition coefficient (Wildman–Crippen LogP) is 2.17. The van der Waals surface area contributed by atoms with Gasteiger partial charge in [-0.25, -0.2) is 0 Å². The Morgan fingerprint density at radius 2 is 1.90 bits per heavy atom. The lowest BCUT2D eigenvalue weighted by atomic mass is 9.98. The molecule has 0 aliphatic rings. The van der Waals surface area contributed by atoms with E-state index in [-0.39, 0.29) is 24.0 Å². The van der Waals surface area contributed by atoms with Crippen LogP contribution in [0.4, 0.5) is 0 Å². The van der Waals surface area contributed by atoms with E-state index in [9.17, 15) is 14.4 Å². The van der Waals surface area contributed by atoms with Crippen LogP contribution in [-0.4, -0.2) is 29.3 Å². The van der Waals surface area contributed by atoms with Gasteiger partial charge in [-0.3, -0.25) is 14.4 Å². The van der Waals surface area contributed by atoms with Crippen molar-refractivity contribution >= 4 is 17.7 Å². The number of hydrogen-bond acceptors (Lipinski definition) is 3. The maximum absolute atomic E-state index is 11.5. The Labute approximate surface area is 120 Å². The van der Waals surface area contributed by atoms with Gasteiger partial charge in [0, 0.05) is 18.9 Å². The summed E-state index contributed by atoms with van der Waals surface area (Å²) < 4.78 is 0. The highest BCUT2D eigenvalue weighted by Gasteiger charge is 2.13. The molecule has 0 aliphatic heterocycles. The SMILES string of the molecule is C=C[C@@H](CCCCNC(=O)CC[C@H](C)C(=O)O)C(C)=O. The largest absolute Gasteiger partial charge is 0.481 e. The lowest BCUT2D eigenvalue weighted by Gasteiger charge is -2.09. The van der Waals surface area contributed by atoms with Crippen LogP contribution in [0.15, 0.2) is 12.7 Å². The number of unbranched alkanes of at least 4 members (excludes halogenated alkanes) is 1. The number of ketones is 1. The number of Topliss-reactive ketones (excluding diaryl/α,β-unsaturated/α-hetero) is 1. The quantitative estimate of drug-likeness (QED) is 0.449. The normalized spacial score (nSPS) is 13.3. The minimum atomic E-state index is -0.877. The summed E-state index contributed by atoms with van der Waals surface area (Å²) in [5.41, 5.74) is 0. The number of rotatable bonds is 11. The number of carboxylic acids is 1. The lowest BCUT2D eigenvalue weighted by molar-refractivity contribution is -0.141. The summed E-state index contributed by atoms with van der Waals surface area (Å²) in [6.07, 6.45) is 4.65. The topological polar surface area (TPSA) is 83.5 Å². The summed E-state index contributed by atoms with van der Waals surface area (Å²) in [7, 11) is 0. The first-order valence-electron chi connectivity index (χ1n) is 7.01. The summed E-state index contributed by atoms with van der Waals surface area (Å²) in [6.45, 7) is 7.33. The summed E-state index contributed by atoms with van der Waals surface area (Å²) in [5.74, 6) is -1.47. The molecule has 0 bridgehead atoms. The van der Waals surface area contributed by atoms with Crippen LogP contribution in [0.3, 0.4) is 0 Å². The van der Waals surface area contributed by atoms with E-state index in [0.29, 0.717) is 13.0 Å². The molecule has 0 fully saturated rings. The number of hydrogen-bond donors (Lipinski definition) is 2. The summed E-state index contributed by atoms with van der Waals surface area (Å²) in [4.78, 5) is 33.2. The zero-order chi connectivity index (χ0) is 15.5. The number of allylic oxidation sites excluding steroid dienone is 1. The molecule has 0 saturated heterocycles. The Hall–Kier alpha value is -1.65. The fourth-order valence-electron chi connectivity index (χ4n) is 1.76. The second-order valence-electron chi connectivity index (χ2n) is 5.08. The summed E-state index contributed by atoms with van der Waals surface area (Å²) >= 11 is 0. The van der Waals surface area contributed by atoms with Crippen molar-refractivity contribution in [2.45, 2.75) is 46.0 Å². The van der Waals surface area contributed by atoms with Crippen LogP contribution in [0.5, 0.6) is 0 Å². The van der Waals surface area contributed by atoms with Crippen LogP contribution in [0.1, 0.15) is 46.0 Å². The molecule has 0 aromatic carbocycles. The Morgan fingerprint density at radius 3 is 2.40 bits per heavy atom. The molecule has 2 N–H and O–H groups in total. The maximum atomic E-state index is 11.5. The zero-order valence-corrected chi connectivity index (χ0v) is 12.4. The fraction of sp³-hybridized carbons (Fsp3) is 0.667. The summed E-state index contributed by atoms with van der Waals surface area (Å²) in [6, 6.07) is 0. The van der Waals surface area contributed by atoms with Crippen LogP contribution >= 0.6 is 0 Å². The van der Waals surface area contributed by atoms with Gasteiger partial charge in [-0.05, 0) is 26.2 Å². The van der Waals surface area contributed by atoms with Crippen molar-refractivity contribution < 1.29 is 19.5 Å². The zero-order valence-electron chi connectivity index (χ0n) is 12.4. The molecule has 0 saturated carbocycles. The molecule has 0 aromatic rings. The average Bonchev–Trinajstić information content (AvgIpc) is 2.39. The first kappa shape index (κ1) is 18.4. The van der Waals surface area contributed by atoms with E-state index in [1.54, 1.807) is 19.9 Å². The second kappa shape index (κ2) is 10.2. The molecule has 0 aliphatic carbocycles. The Bertz CT molecular complexity index is 352. The molecule has 1 amide bonds. The minimum Gasteiger partial charge on any atom is -0.481 e. The van der Waals surface area contributed by atoms with Gasteiger partial charge >= 0.3 is 5.97 Å². The Morgan fingerprint density at radius 1 is 1.25 bits per heavy atom. The third-order valence-electron chi connectivity index (χ3n) is 3.30.